The summed E-state index contributed by atoms with van der Waals surface area (Å²) in [6.07, 6.45) is 1.82. The maximum Gasteiger partial charge on any atom is 0.271 e. The number of aryl methyl sites for hydroxylation is 2. The van der Waals surface area contributed by atoms with Crippen LogP contribution in [0.5, 0.6) is 0 Å². The Morgan fingerprint density at radius 2 is 2.03 bits per heavy atom. The fraction of sp³-hybridized carbons (Fsp3) is 0.318. The fourth-order valence-electron chi connectivity index (χ4n) is 3.26. The summed E-state index contributed by atoms with van der Waals surface area (Å²) >= 11 is 1.45. The molecule has 1 aromatic carbocycles. The molecule has 1 N–H and O–H groups in total. The Balaban J connectivity index is 1.41. The van der Waals surface area contributed by atoms with Gasteiger partial charge in [0.05, 0.1) is 13.2 Å². The van der Waals surface area contributed by atoms with Gasteiger partial charge in [-0.2, -0.15) is 0 Å². The van der Waals surface area contributed by atoms with E-state index in [-0.39, 0.29) is 5.91 Å². The van der Waals surface area contributed by atoms with Crippen molar-refractivity contribution in [2.45, 2.75) is 20.4 Å². The molecule has 1 amide bonds. The number of hydrogen-bond acceptors (Lipinski definition) is 6. The lowest BCUT2D eigenvalue weighted by atomic mass is 10.1. The molecule has 1 saturated heterocycles. The van der Waals surface area contributed by atoms with Crippen molar-refractivity contribution in [1.82, 2.24) is 15.3 Å². The Morgan fingerprint density at radius 1 is 1.21 bits per heavy atom. The van der Waals surface area contributed by atoms with Crippen LogP contribution < -0.4 is 10.2 Å². The molecule has 1 aliphatic rings. The van der Waals surface area contributed by atoms with Gasteiger partial charge in [0.25, 0.3) is 5.91 Å². The zero-order chi connectivity index (χ0) is 20.2. The van der Waals surface area contributed by atoms with Crippen LogP contribution in [0.25, 0.3) is 10.6 Å². The lowest BCUT2D eigenvalue weighted by Gasteiger charge is -2.27. The number of benzene rings is 1. The van der Waals surface area contributed by atoms with Crippen molar-refractivity contribution in [2.24, 2.45) is 0 Å². The first-order chi connectivity index (χ1) is 14.1. The summed E-state index contributed by atoms with van der Waals surface area (Å²) in [6, 6.07) is 10.3. The van der Waals surface area contributed by atoms with E-state index in [1.165, 1.54) is 22.5 Å². The van der Waals surface area contributed by atoms with E-state index in [2.05, 4.69) is 52.2 Å². The van der Waals surface area contributed by atoms with E-state index in [0.717, 1.165) is 48.3 Å². The highest BCUT2D eigenvalue weighted by atomic mass is 32.1. The molecule has 0 radical (unpaired) electrons. The smallest absolute Gasteiger partial charge is 0.271 e. The van der Waals surface area contributed by atoms with Crippen molar-refractivity contribution in [3.63, 3.8) is 0 Å². The third kappa shape index (κ3) is 4.63. The minimum absolute atomic E-state index is 0.161. The Bertz CT molecular complexity index is 994. The molecule has 0 spiro atoms. The Kier molecular flexibility index (Phi) is 5.87. The summed E-state index contributed by atoms with van der Waals surface area (Å²) < 4.78 is 5.38. The zero-order valence-corrected chi connectivity index (χ0v) is 17.5. The number of pyridine rings is 1. The Labute approximate surface area is 174 Å². The van der Waals surface area contributed by atoms with Crippen LogP contribution in [0.4, 0.5) is 5.82 Å². The largest absolute Gasteiger partial charge is 0.378 e. The second-order valence-corrected chi connectivity index (χ2v) is 8.01. The van der Waals surface area contributed by atoms with Crippen LogP contribution in [0.3, 0.4) is 0 Å². The number of morpholine rings is 1. The third-order valence-electron chi connectivity index (χ3n) is 5.01. The number of aromatic nitrogens is 2. The van der Waals surface area contributed by atoms with Crippen LogP contribution in [0.15, 0.2) is 41.9 Å². The summed E-state index contributed by atoms with van der Waals surface area (Å²) in [5, 5.41) is 5.56. The molecule has 1 aliphatic heterocycles. The summed E-state index contributed by atoms with van der Waals surface area (Å²) in [5.41, 5.74) is 4.83. The van der Waals surface area contributed by atoms with Gasteiger partial charge >= 0.3 is 0 Å². The molecule has 0 unspecified atom stereocenters. The van der Waals surface area contributed by atoms with E-state index in [9.17, 15) is 4.79 Å². The number of thiazole rings is 1. The molecule has 3 aromatic rings. The van der Waals surface area contributed by atoms with E-state index in [1.54, 1.807) is 5.38 Å². The van der Waals surface area contributed by atoms with Gasteiger partial charge in [-0.05, 0) is 37.1 Å². The maximum atomic E-state index is 12.5. The molecule has 150 valence electrons. The van der Waals surface area contributed by atoms with E-state index >= 15 is 0 Å². The van der Waals surface area contributed by atoms with Crippen molar-refractivity contribution in [2.75, 3.05) is 31.2 Å². The Morgan fingerprint density at radius 3 is 2.79 bits per heavy atom. The molecular weight excluding hydrogens is 384 g/mol. The predicted octanol–water partition coefficient (Wildman–Crippen LogP) is 3.59. The van der Waals surface area contributed by atoms with Crippen LogP contribution in [-0.2, 0) is 11.3 Å². The minimum atomic E-state index is -0.161. The van der Waals surface area contributed by atoms with Crippen LogP contribution in [-0.4, -0.2) is 42.2 Å². The van der Waals surface area contributed by atoms with Crippen molar-refractivity contribution in [1.29, 1.82) is 0 Å². The second-order valence-electron chi connectivity index (χ2n) is 7.16. The lowest BCUT2D eigenvalue weighted by molar-refractivity contribution is 0.0946. The number of ether oxygens (including phenoxy) is 1. The summed E-state index contributed by atoms with van der Waals surface area (Å²) in [6.45, 7) is 7.77. The molecule has 4 rings (SSSR count). The molecule has 7 heteroatoms. The molecular formula is C22H24N4O2S. The molecule has 0 saturated carbocycles. The average molecular weight is 409 g/mol. The van der Waals surface area contributed by atoms with Crippen molar-refractivity contribution < 1.29 is 9.53 Å². The molecule has 3 heterocycles. The highest BCUT2D eigenvalue weighted by Gasteiger charge is 2.15. The number of carbonyl (C=O) groups is 1. The molecule has 29 heavy (non-hydrogen) atoms. The van der Waals surface area contributed by atoms with Gasteiger partial charge in [-0.1, -0.05) is 23.8 Å². The SMILES string of the molecule is Cc1ccc(C)c(CNC(=O)c2csc(-c3ccc(N4CCOCC4)nc3)n2)c1. The van der Waals surface area contributed by atoms with Gasteiger partial charge in [-0.3, -0.25) is 4.79 Å². The van der Waals surface area contributed by atoms with Crippen molar-refractivity contribution in [3.8, 4) is 10.6 Å². The highest BCUT2D eigenvalue weighted by molar-refractivity contribution is 7.13. The normalized spacial score (nSPS) is 14.1. The number of nitrogens with zero attached hydrogens (tertiary/aromatic N) is 3. The lowest BCUT2D eigenvalue weighted by Crippen LogP contribution is -2.36. The van der Waals surface area contributed by atoms with Gasteiger partial charge in [0.15, 0.2) is 0 Å². The fourth-order valence-corrected chi connectivity index (χ4v) is 4.05. The number of hydrogen-bond donors (Lipinski definition) is 1. The first-order valence-electron chi connectivity index (χ1n) is 9.69. The van der Waals surface area contributed by atoms with Crippen LogP contribution in [0.2, 0.25) is 0 Å². The van der Waals surface area contributed by atoms with Gasteiger partial charge in [0, 0.05) is 36.8 Å². The highest BCUT2D eigenvalue weighted by Crippen LogP contribution is 2.25. The molecule has 1 fully saturated rings. The standard InChI is InChI=1S/C22H24N4O2S/c1-15-3-4-16(2)18(11-15)13-24-21(27)19-14-29-22(25-19)17-5-6-20(23-12-17)26-7-9-28-10-8-26/h3-6,11-12,14H,7-10,13H2,1-2H3,(H,24,27). The van der Waals surface area contributed by atoms with E-state index < -0.39 is 0 Å². The van der Waals surface area contributed by atoms with Crippen LogP contribution in [0.1, 0.15) is 27.2 Å². The second kappa shape index (κ2) is 8.71. The molecule has 6 nitrogen and oxygen atoms in total. The zero-order valence-electron chi connectivity index (χ0n) is 16.6. The number of carbonyl (C=O) groups excluding carboxylic acids is 1. The summed E-state index contributed by atoms with van der Waals surface area (Å²) in [5.74, 6) is 0.784. The van der Waals surface area contributed by atoms with Gasteiger partial charge in [0.2, 0.25) is 0 Å². The van der Waals surface area contributed by atoms with Gasteiger partial charge < -0.3 is 15.0 Å². The van der Waals surface area contributed by atoms with E-state index in [0.29, 0.717) is 12.2 Å². The number of anilines is 1. The number of amides is 1. The molecule has 2 aromatic heterocycles. The topological polar surface area (TPSA) is 67.4 Å². The van der Waals surface area contributed by atoms with Gasteiger partial charge in [0.1, 0.15) is 16.5 Å². The van der Waals surface area contributed by atoms with Crippen molar-refractivity contribution in [3.05, 3.63) is 64.3 Å². The minimum Gasteiger partial charge on any atom is -0.378 e. The predicted molar refractivity (Wildman–Crippen MR) is 115 cm³/mol. The number of rotatable bonds is 5. The van der Waals surface area contributed by atoms with Gasteiger partial charge in [-0.15, -0.1) is 11.3 Å². The van der Waals surface area contributed by atoms with Gasteiger partial charge in [-0.25, -0.2) is 9.97 Å². The first kappa shape index (κ1) is 19.5. The summed E-state index contributed by atoms with van der Waals surface area (Å²) in [4.78, 5) is 23.8. The third-order valence-corrected chi connectivity index (χ3v) is 5.90. The van der Waals surface area contributed by atoms with E-state index in [4.69, 9.17) is 4.74 Å². The molecule has 0 atom stereocenters. The Hall–Kier alpha value is -2.77. The summed E-state index contributed by atoms with van der Waals surface area (Å²) in [7, 11) is 0. The van der Waals surface area contributed by atoms with Crippen LogP contribution >= 0.6 is 11.3 Å². The quantitative estimate of drug-likeness (QED) is 0.699. The van der Waals surface area contributed by atoms with E-state index in [1.807, 2.05) is 18.3 Å². The monoisotopic (exact) mass is 408 g/mol. The number of nitrogens with one attached hydrogen (secondary N) is 1. The van der Waals surface area contributed by atoms with Crippen molar-refractivity contribution >= 4 is 23.1 Å². The average Bonchev–Trinajstić information content (AvgIpc) is 3.25. The molecule has 0 bridgehead atoms. The van der Waals surface area contributed by atoms with Crippen LogP contribution in [0, 0.1) is 13.8 Å². The molecule has 0 aliphatic carbocycles. The first-order valence-corrected chi connectivity index (χ1v) is 10.6. The maximum absolute atomic E-state index is 12.5.